The molecule has 0 fully saturated rings. The minimum Gasteiger partial charge on any atom is -0.279 e. The van der Waals surface area contributed by atoms with Crippen LogP contribution in [0.4, 0.5) is 10.1 Å². The van der Waals surface area contributed by atoms with E-state index < -0.39 is 15.8 Å². The number of nitrogens with one attached hydrogen (secondary N) is 1. The Morgan fingerprint density at radius 3 is 2.47 bits per heavy atom. The summed E-state index contributed by atoms with van der Waals surface area (Å²) in [6.45, 7) is 0. The van der Waals surface area contributed by atoms with Crippen molar-refractivity contribution in [2.24, 2.45) is 0 Å². The van der Waals surface area contributed by atoms with Crippen molar-refractivity contribution >= 4 is 70.5 Å². The molecule has 1 aromatic carbocycles. The number of thiophene rings is 1. The van der Waals surface area contributed by atoms with Gasteiger partial charge in [-0.15, -0.1) is 11.3 Å². The van der Waals surface area contributed by atoms with Gasteiger partial charge in [0.25, 0.3) is 10.0 Å². The summed E-state index contributed by atoms with van der Waals surface area (Å²) in [7, 11) is -3.72. The molecular formula is C10H5Br2ClFNO2S2. The number of benzene rings is 1. The fourth-order valence-electron chi connectivity index (χ4n) is 1.22. The number of rotatable bonds is 3. The first kappa shape index (κ1) is 15.2. The number of hydrogen-bond acceptors (Lipinski definition) is 3. The Hall–Kier alpha value is -0.150. The van der Waals surface area contributed by atoms with Gasteiger partial charge < -0.3 is 0 Å². The molecule has 2 aromatic rings. The Morgan fingerprint density at radius 2 is 1.95 bits per heavy atom. The summed E-state index contributed by atoms with van der Waals surface area (Å²) in [5.41, 5.74) is 0.201. The summed E-state index contributed by atoms with van der Waals surface area (Å²) in [5.74, 6) is -0.605. The van der Waals surface area contributed by atoms with E-state index in [-0.39, 0.29) is 14.9 Å². The van der Waals surface area contributed by atoms with Crippen molar-refractivity contribution in [1.82, 2.24) is 0 Å². The van der Waals surface area contributed by atoms with Crippen LogP contribution in [0.2, 0.25) is 5.02 Å². The molecule has 0 saturated heterocycles. The number of hydrogen-bond donors (Lipinski definition) is 1. The van der Waals surface area contributed by atoms with Crippen LogP contribution in [0.1, 0.15) is 0 Å². The van der Waals surface area contributed by atoms with Gasteiger partial charge in [-0.05, 0) is 56.1 Å². The lowest BCUT2D eigenvalue weighted by atomic mass is 10.3. The lowest BCUT2D eigenvalue weighted by molar-refractivity contribution is 0.603. The van der Waals surface area contributed by atoms with Crippen molar-refractivity contribution in [3.63, 3.8) is 0 Å². The minimum atomic E-state index is -3.72. The van der Waals surface area contributed by atoms with Gasteiger partial charge in [-0.1, -0.05) is 11.6 Å². The molecule has 0 aliphatic rings. The first-order chi connectivity index (χ1) is 8.79. The Balaban J connectivity index is 2.33. The minimum absolute atomic E-state index is 0.131. The fraction of sp³-hybridized carbons (Fsp3) is 0. The Morgan fingerprint density at radius 1 is 1.26 bits per heavy atom. The van der Waals surface area contributed by atoms with Gasteiger partial charge in [-0.3, -0.25) is 4.72 Å². The van der Waals surface area contributed by atoms with Gasteiger partial charge in [0.05, 0.1) is 14.5 Å². The smallest absolute Gasteiger partial charge is 0.271 e. The maximum absolute atomic E-state index is 13.0. The van der Waals surface area contributed by atoms with Gasteiger partial charge in [0.15, 0.2) is 0 Å². The second kappa shape index (κ2) is 5.69. The molecular weight excluding hydrogens is 445 g/mol. The quantitative estimate of drug-likeness (QED) is 0.727. The van der Waals surface area contributed by atoms with E-state index in [1.165, 1.54) is 18.2 Å². The van der Waals surface area contributed by atoms with Gasteiger partial charge >= 0.3 is 0 Å². The third-order valence-electron chi connectivity index (χ3n) is 2.06. The second-order valence-electron chi connectivity index (χ2n) is 3.42. The molecule has 2 rings (SSSR count). The van der Waals surface area contributed by atoms with Crippen LogP contribution in [-0.4, -0.2) is 8.42 Å². The average molecular weight is 450 g/mol. The highest BCUT2D eigenvalue weighted by molar-refractivity contribution is 9.13. The highest BCUT2D eigenvalue weighted by atomic mass is 79.9. The number of halogens is 4. The summed E-state index contributed by atoms with van der Waals surface area (Å²) in [5, 5.41) is -0.145. The van der Waals surface area contributed by atoms with Crippen molar-refractivity contribution in [1.29, 1.82) is 0 Å². The number of sulfonamides is 1. The standard InChI is InChI=1S/C10H5Br2ClFNO2S2/c11-6-4-9(18-10(6)12)19(16,17)15-5-1-2-8(14)7(13)3-5/h1-4,15H. The largest absolute Gasteiger partial charge is 0.279 e. The predicted octanol–water partition coefficient (Wildman–Crippen LogP) is 4.87. The van der Waals surface area contributed by atoms with E-state index >= 15 is 0 Å². The van der Waals surface area contributed by atoms with Crippen LogP contribution in [0, 0.1) is 5.82 Å². The molecule has 9 heteroatoms. The molecule has 1 N–H and O–H groups in total. The summed E-state index contributed by atoms with van der Waals surface area (Å²) in [6.07, 6.45) is 0. The lowest BCUT2D eigenvalue weighted by Gasteiger charge is -2.06. The molecule has 0 aliphatic heterocycles. The molecule has 0 unspecified atom stereocenters. The topological polar surface area (TPSA) is 46.2 Å². The zero-order chi connectivity index (χ0) is 14.2. The molecule has 3 nitrogen and oxygen atoms in total. The Kier molecular flexibility index (Phi) is 4.56. The highest BCUT2D eigenvalue weighted by Crippen LogP contribution is 2.35. The molecule has 1 aromatic heterocycles. The molecule has 102 valence electrons. The van der Waals surface area contributed by atoms with E-state index in [2.05, 4.69) is 36.6 Å². The second-order valence-corrected chi connectivity index (χ2v) is 8.96. The van der Waals surface area contributed by atoms with Crippen molar-refractivity contribution in [2.45, 2.75) is 4.21 Å². The zero-order valence-corrected chi connectivity index (χ0v) is 14.5. The molecule has 0 radical (unpaired) electrons. The van der Waals surface area contributed by atoms with Crippen LogP contribution in [0.15, 0.2) is 36.7 Å². The van der Waals surface area contributed by atoms with Gasteiger partial charge in [0.1, 0.15) is 10.0 Å². The highest BCUT2D eigenvalue weighted by Gasteiger charge is 2.19. The lowest BCUT2D eigenvalue weighted by Crippen LogP contribution is -2.11. The average Bonchev–Trinajstić information content (AvgIpc) is 2.65. The van der Waals surface area contributed by atoms with E-state index in [0.717, 1.165) is 17.4 Å². The SMILES string of the molecule is O=S(=O)(Nc1ccc(F)c(Cl)c1)c1cc(Br)c(Br)s1. The third kappa shape index (κ3) is 3.49. The first-order valence-corrected chi connectivity index (χ1v) is 8.98. The molecule has 0 atom stereocenters. The number of anilines is 1. The fourth-order valence-corrected chi connectivity index (χ4v) is 5.27. The summed E-state index contributed by atoms with van der Waals surface area (Å²) < 4.78 is 40.9. The first-order valence-electron chi connectivity index (χ1n) is 4.72. The van der Waals surface area contributed by atoms with E-state index in [4.69, 9.17) is 11.6 Å². The van der Waals surface area contributed by atoms with Crippen LogP contribution < -0.4 is 4.72 Å². The molecule has 0 aliphatic carbocycles. The van der Waals surface area contributed by atoms with Gasteiger partial charge in [0.2, 0.25) is 0 Å². The maximum atomic E-state index is 13.0. The summed E-state index contributed by atoms with van der Waals surface area (Å²) in [6, 6.07) is 5.09. The van der Waals surface area contributed by atoms with E-state index in [1.807, 2.05) is 0 Å². The van der Waals surface area contributed by atoms with Crippen LogP contribution >= 0.6 is 54.8 Å². The summed E-state index contributed by atoms with van der Waals surface area (Å²) in [4.78, 5) is 0. The van der Waals surface area contributed by atoms with Gasteiger partial charge in [-0.25, -0.2) is 12.8 Å². The van der Waals surface area contributed by atoms with Gasteiger partial charge in [-0.2, -0.15) is 0 Å². The van der Waals surface area contributed by atoms with Crippen molar-refractivity contribution in [3.8, 4) is 0 Å². The Bertz CT molecular complexity index is 714. The molecule has 0 bridgehead atoms. The van der Waals surface area contributed by atoms with Gasteiger partial charge in [0, 0.05) is 4.47 Å². The van der Waals surface area contributed by atoms with Crippen molar-refractivity contribution < 1.29 is 12.8 Å². The molecule has 0 saturated carbocycles. The van der Waals surface area contributed by atoms with Crippen LogP contribution in [0.5, 0.6) is 0 Å². The van der Waals surface area contributed by atoms with Crippen molar-refractivity contribution in [3.05, 3.63) is 43.4 Å². The summed E-state index contributed by atoms with van der Waals surface area (Å²) >= 11 is 13.1. The Labute approximate surface area is 135 Å². The third-order valence-corrected chi connectivity index (χ3v) is 7.46. The zero-order valence-electron chi connectivity index (χ0n) is 8.95. The molecule has 19 heavy (non-hydrogen) atoms. The maximum Gasteiger partial charge on any atom is 0.271 e. The molecule has 1 heterocycles. The normalized spacial score (nSPS) is 11.6. The van der Waals surface area contributed by atoms with E-state index in [0.29, 0.717) is 8.26 Å². The van der Waals surface area contributed by atoms with Crippen LogP contribution in [-0.2, 0) is 10.0 Å². The predicted molar refractivity (Wildman–Crippen MR) is 81.9 cm³/mol. The van der Waals surface area contributed by atoms with E-state index in [1.54, 1.807) is 0 Å². The van der Waals surface area contributed by atoms with Crippen LogP contribution in [0.3, 0.4) is 0 Å². The monoisotopic (exact) mass is 447 g/mol. The van der Waals surface area contributed by atoms with Crippen molar-refractivity contribution in [2.75, 3.05) is 4.72 Å². The molecule has 0 amide bonds. The van der Waals surface area contributed by atoms with Crippen LogP contribution in [0.25, 0.3) is 0 Å². The van der Waals surface area contributed by atoms with E-state index in [9.17, 15) is 12.8 Å². The molecule has 0 spiro atoms.